The molecule has 1 N–H and O–H groups in total. The molecular formula is C35H46N2O7. The first-order valence-corrected chi connectivity index (χ1v) is 16.5. The first-order chi connectivity index (χ1) is 21.6. The molecule has 9 nitrogen and oxygen atoms in total. The third-order valence-corrected chi connectivity index (χ3v) is 9.63. The number of piperidine rings is 3. The second-order valence-corrected chi connectivity index (χ2v) is 12.7. The number of amides is 1. The minimum atomic E-state index is -0.379. The lowest BCUT2D eigenvalue weighted by molar-refractivity contribution is -0.150. The number of ether oxygens (including phenoxy) is 5. The molecule has 1 saturated carbocycles. The highest BCUT2D eigenvalue weighted by Gasteiger charge is 2.37. The van der Waals surface area contributed by atoms with Crippen molar-refractivity contribution in [3.05, 3.63) is 65.7 Å². The van der Waals surface area contributed by atoms with Gasteiger partial charge in [0.25, 0.3) is 0 Å². The Bertz CT molecular complexity index is 1200. The van der Waals surface area contributed by atoms with Crippen LogP contribution in [0.25, 0.3) is 0 Å². The zero-order valence-corrected chi connectivity index (χ0v) is 25.6. The van der Waals surface area contributed by atoms with E-state index in [9.17, 15) is 9.59 Å². The first kappa shape index (κ1) is 30.9. The fraction of sp³-hybridized carbons (Fsp3) is 0.600. The Kier molecular flexibility index (Phi) is 10.7. The van der Waals surface area contributed by atoms with E-state index in [2.05, 4.69) is 10.2 Å². The van der Waals surface area contributed by atoms with Crippen molar-refractivity contribution in [3.63, 3.8) is 0 Å². The molecule has 5 aliphatic rings. The van der Waals surface area contributed by atoms with Gasteiger partial charge in [-0.3, -0.25) is 9.69 Å². The van der Waals surface area contributed by atoms with Gasteiger partial charge in [0.1, 0.15) is 11.9 Å². The molecule has 2 aromatic carbocycles. The molecule has 2 aromatic rings. The second kappa shape index (κ2) is 15.2. The van der Waals surface area contributed by atoms with E-state index in [4.69, 9.17) is 23.7 Å². The van der Waals surface area contributed by atoms with Crippen molar-refractivity contribution in [3.8, 4) is 5.75 Å². The van der Waals surface area contributed by atoms with E-state index in [0.717, 1.165) is 87.9 Å². The monoisotopic (exact) mass is 606 g/mol. The molecule has 0 unspecified atom stereocenters. The van der Waals surface area contributed by atoms with Crippen LogP contribution in [0.2, 0.25) is 0 Å². The summed E-state index contributed by atoms with van der Waals surface area (Å²) in [5.41, 5.74) is 1.93. The Morgan fingerprint density at radius 2 is 1.66 bits per heavy atom. The van der Waals surface area contributed by atoms with Crippen molar-refractivity contribution in [2.75, 3.05) is 46.1 Å². The van der Waals surface area contributed by atoms with Gasteiger partial charge in [-0.25, -0.2) is 4.79 Å². The minimum Gasteiger partial charge on any atom is -0.493 e. The quantitative estimate of drug-likeness (QED) is 0.251. The number of esters is 1. The SMILES string of the molecule is O=C(N[C@@H](c1ccccc1)c1cccc(OCC2CCC(C(=O)OCCCC3OCCO3)CC2)c1)O[C@H]1CN2CCC1CC2. The molecule has 5 fully saturated rings. The number of benzene rings is 2. The molecule has 238 valence electrons. The summed E-state index contributed by atoms with van der Waals surface area (Å²) < 4.78 is 28.6. The number of alkyl carbamates (subject to hydrolysis) is 1. The summed E-state index contributed by atoms with van der Waals surface area (Å²) >= 11 is 0. The van der Waals surface area contributed by atoms with Gasteiger partial charge >= 0.3 is 12.1 Å². The van der Waals surface area contributed by atoms with Gasteiger partial charge in [0, 0.05) is 13.0 Å². The number of nitrogens with one attached hydrogen (secondary N) is 1. The van der Waals surface area contributed by atoms with Gasteiger partial charge in [-0.1, -0.05) is 42.5 Å². The highest BCUT2D eigenvalue weighted by molar-refractivity contribution is 5.72. The van der Waals surface area contributed by atoms with Gasteiger partial charge < -0.3 is 29.0 Å². The molecule has 2 atom stereocenters. The summed E-state index contributed by atoms with van der Waals surface area (Å²) in [4.78, 5) is 28.1. The zero-order valence-electron chi connectivity index (χ0n) is 25.6. The first-order valence-electron chi connectivity index (χ1n) is 16.5. The van der Waals surface area contributed by atoms with Gasteiger partial charge in [-0.2, -0.15) is 0 Å². The number of carbonyl (C=O) groups excluding carboxylic acids is 2. The smallest absolute Gasteiger partial charge is 0.408 e. The van der Waals surface area contributed by atoms with E-state index in [-0.39, 0.29) is 36.4 Å². The van der Waals surface area contributed by atoms with E-state index in [1.807, 2.05) is 54.6 Å². The molecule has 0 aromatic heterocycles. The Balaban J connectivity index is 0.979. The summed E-state index contributed by atoms with van der Waals surface area (Å²) in [6, 6.07) is 17.6. The van der Waals surface area contributed by atoms with Crippen molar-refractivity contribution >= 4 is 12.1 Å². The number of nitrogens with zero attached hydrogens (tertiary/aromatic N) is 1. The second-order valence-electron chi connectivity index (χ2n) is 12.7. The topological polar surface area (TPSA) is 95.6 Å². The molecule has 7 rings (SSSR count). The van der Waals surface area contributed by atoms with Crippen molar-refractivity contribution in [2.24, 2.45) is 17.8 Å². The van der Waals surface area contributed by atoms with Crippen LogP contribution in [-0.4, -0.2) is 75.4 Å². The number of hydrogen-bond donors (Lipinski definition) is 1. The van der Waals surface area contributed by atoms with Crippen LogP contribution < -0.4 is 10.1 Å². The Labute approximate surface area is 260 Å². The number of rotatable bonds is 12. The third kappa shape index (κ3) is 8.31. The fourth-order valence-corrected chi connectivity index (χ4v) is 7.02. The highest BCUT2D eigenvalue weighted by atomic mass is 16.7. The predicted octanol–water partition coefficient (Wildman–Crippen LogP) is 5.48. The Hall–Kier alpha value is -3.14. The molecule has 1 aliphatic carbocycles. The lowest BCUT2D eigenvalue weighted by atomic mass is 9.82. The fourth-order valence-electron chi connectivity index (χ4n) is 7.02. The van der Waals surface area contributed by atoms with Crippen LogP contribution in [0.5, 0.6) is 5.75 Å². The summed E-state index contributed by atoms with van der Waals surface area (Å²) in [6.07, 6.45) is 6.63. The van der Waals surface area contributed by atoms with Gasteiger partial charge in [0.2, 0.25) is 0 Å². The molecule has 0 radical (unpaired) electrons. The van der Waals surface area contributed by atoms with Gasteiger partial charge in [-0.05, 0) is 93.1 Å². The van der Waals surface area contributed by atoms with Crippen molar-refractivity contribution in [2.45, 2.75) is 69.8 Å². The maximum atomic E-state index is 13.1. The number of carbonyl (C=O) groups is 2. The van der Waals surface area contributed by atoms with Gasteiger partial charge in [0.05, 0.1) is 38.4 Å². The highest BCUT2D eigenvalue weighted by Crippen LogP contribution is 2.32. The molecule has 4 saturated heterocycles. The van der Waals surface area contributed by atoms with E-state index >= 15 is 0 Å². The van der Waals surface area contributed by atoms with Crippen LogP contribution >= 0.6 is 0 Å². The van der Waals surface area contributed by atoms with Crippen LogP contribution in [0.1, 0.15) is 68.5 Å². The Morgan fingerprint density at radius 3 is 2.39 bits per heavy atom. The molecule has 0 spiro atoms. The summed E-state index contributed by atoms with van der Waals surface area (Å²) in [5.74, 6) is 1.49. The largest absolute Gasteiger partial charge is 0.493 e. The standard InChI is InChI=1S/C35H46N2O7/c38-34(42-19-5-10-32-40-20-21-41-32)28-13-11-25(12-14-28)24-43-30-9-4-8-29(22-30)33(27-6-2-1-3-7-27)36-35(39)44-31-23-37-17-15-26(31)16-18-37/h1-4,6-9,22,25-26,28,31-33H,5,10-21,23-24H2,(H,36,39)/t25?,28?,31-,33-/m0/s1. The van der Waals surface area contributed by atoms with E-state index in [0.29, 0.717) is 38.3 Å². The minimum absolute atomic E-state index is 0.0352. The summed E-state index contributed by atoms with van der Waals surface area (Å²) in [5, 5.41) is 3.15. The average molecular weight is 607 g/mol. The van der Waals surface area contributed by atoms with Crippen molar-refractivity contribution in [1.29, 1.82) is 0 Å². The van der Waals surface area contributed by atoms with Crippen LogP contribution in [-0.2, 0) is 23.7 Å². The van der Waals surface area contributed by atoms with E-state index in [1.165, 1.54) is 0 Å². The van der Waals surface area contributed by atoms with E-state index in [1.54, 1.807) is 0 Å². The Morgan fingerprint density at radius 1 is 0.909 bits per heavy atom. The van der Waals surface area contributed by atoms with E-state index < -0.39 is 0 Å². The molecule has 44 heavy (non-hydrogen) atoms. The molecule has 2 bridgehead atoms. The average Bonchev–Trinajstić information content (AvgIpc) is 3.60. The lowest BCUT2D eigenvalue weighted by Gasteiger charge is -2.43. The van der Waals surface area contributed by atoms with Gasteiger partial charge in [0.15, 0.2) is 6.29 Å². The van der Waals surface area contributed by atoms with Crippen LogP contribution in [0.4, 0.5) is 4.79 Å². The van der Waals surface area contributed by atoms with Crippen molar-refractivity contribution in [1.82, 2.24) is 10.2 Å². The van der Waals surface area contributed by atoms with Crippen LogP contribution in [0.15, 0.2) is 54.6 Å². The molecule has 1 amide bonds. The number of hydrogen-bond acceptors (Lipinski definition) is 8. The van der Waals surface area contributed by atoms with Crippen LogP contribution in [0, 0.1) is 17.8 Å². The lowest BCUT2D eigenvalue weighted by Crippen LogP contribution is -2.52. The maximum absolute atomic E-state index is 13.1. The number of fused-ring (bicyclic) bond motifs is 3. The van der Waals surface area contributed by atoms with Crippen molar-refractivity contribution < 1.29 is 33.3 Å². The normalized spacial score (nSPS) is 27.4. The third-order valence-electron chi connectivity index (χ3n) is 9.63. The van der Waals surface area contributed by atoms with Gasteiger partial charge in [-0.15, -0.1) is 0 Å². The maximum Gasteiger partial charge on any atom is 0.408 e. The molecule has 4 heterocycles. The molecule has 4 aliphatic heterocycles. The predicted molar refractivity (Wildman–Crippen MR) is 164 cm³/mol. The molecule has 9 heteroatoms. The molecular weight excluding hydrogens is 560 g/mol. The zero-order chi connectivity index (χ0) is 30.1. The summed E-state index contributed by atoms with van der Waals surface area (Å²) in [7, 11) is 0. The summed E-state index contributed by atoms with van der Waals surface area (Å²) in [6.45, 7) is 5.33. The van der Waals surface area contributed by atoms with Crippen LogP contribution in [0.3, 0.4) is 0 Å².